The molecule has 3 aromatic rings. The second kappa shape index (κ2) is 14.1. The first-order chi connectivity index (χ1) is 19.3. The van der Waals surface area contributed by atoms with Crippen LogP contribution in [0.2, 0.25) is 0 Å². The van der Waals surface area contributed by atoms with Gasteiger partial charge in [0.2, 0.25) is 0 Å². The van der Waals surface area contributed by atoms with E-state index in [9.17, 15) is 14.7 Å². The molecular weight excluding hydrogens is 504 g/mol. The molecule has 1 heterocycles. The Morgan fingerprint density at radius 3 is 2.67 bits per heavy atom. The van der Waals surface area contributed by atoms with Gasteiger partial charge < -0.3 is 25.2 Å². The highest BCUT2D eigenvalue weighted by Gasteiger charge is 2.24. The number of nitrogens with one attached hydrogen (secondary N) is 2. The summed E-state index contributed by atoms with van der Waals surface area (Å²) in [6.07, 6.45) is 2.29. The number of aryl methyl sites for hydroxylation is 1. The highest BCUT2D eigenvalue weighted by molar-refractivity contribution is 5.98. The molecule has 1 aliphatic heterocycles. The summed E-state index contributed by atoms with van der Waals surface area (Å²) in [7, 11) is 1.30. The van der Waals surface area contributed by atoms with Crippen molar-refractivity contribution in [2.24, 2.45) is 0 Å². The third-order valence-corrected chi connectivity index (χ3v) is 7.25. The minimum Gasteiger partial charge on any atom is -0.494 e. The number of fused-ring (bicyclic) bond motifs is 4. The second-order valence-electron chi connectivity index (χ2n) is 10.7. The molecule has 0 unspecified atom stereocenters. The molecular formula is C33H40N2O5. The maximum atomic E-state index is 13.5. The van der Waals surface area contributed by atoms with Crippen molar-refractivity contribution in [3.8, 4) is 5.75 Å². The van der Waals surface area contributed by atoms with Crippen LogP contribution in [0, 0.1) is 0 Å². The van der Waals surface area contributed by atoms with Crippen molar-refractivity contribution in [2.45, 2.75) is 64.1 Å². The largest absolute Gasteiger partial charge is 0.494 e. The SMILES string of the molecule is COC(=O)c1cc2cc(c1)C(=O)N[C@H]([C@H](O)CNCc1cccc(C(C)C)c1)Cc1cccc(c1)CCCCO2. The van der Waals surface area contributed by atoms with Crippen LogP contribution in [-0.2, 0) is 24.1 Å². The molecule has 3 aromatic carbocycles. The van der Waals surface area contributed by atoms with Gasteiger partial charge in [-0.25, -0.2) is 4.79 Å². The van der Waals surface area contributed by atoms with Crippen LogP contribution in [0.15, 0.2) is 66.7 Å². The van der Waals surface area contributed by atoms with Crippen LogP contribution in [-0.4, -0.2) is 49.4 Å². The van der Waals surface area contributed by atoms with Gasteiger partial charge in [-0.15, -0.1) is 0 Å². The lowest BCUT2D eigenvalue weighted by Gasteiger charge is -2.25. The predicted octanol–water partition coefficient (Wildman–Crippen LogP) is 4.80. The number of ether oxygens (including phenoxy) is 2. The summed E-state index contributed by atoms with van der Waals surface area (Å²) in [5, 5.41) is 17.7. The molecule has 0 fully saturated rings. The van der Waals surface area contributed by atoms with Crippen molar-refractivity contribution in [2.75, 3.05) is 20.3 Å². The number of rotatable bonds is 7. The number of methoxy groups -OCH3 is 1. The number of benzene rings is 3. The van der Waals surface area contributed by atoms with E-state index in [1.165, 1.54) is 24.3 Å². The van der Waals surface area contributed by atoms with Crippen LogP contribution in [0.25, 0.3) is 0 Å². The fourth-order valence-corrected chi connectivity index (χ4v) is 4.94. The maximum absolute atomic E-state index is 13.5. The van der Waals surface area contributed by atoms with E-state index in [2.05, 4.69) is 60.9 Å². The summed E-state index contributed by atoms with van der Waals surface area (Å²) in [6.45, 7) is 5.71. The molecule has 0 aromatic heterocycles. The molecule has 7 nitrogen and oxygen atoms in total. The van der Waals surface area contributed by atoms with Crippen LogP contribution < -0.4 is 15.4 Å². The summed E-state index contributed by atoms with van der Waals surface area (Å²) in [5.41, 5.74) is 5.18. The molecule has 2 atom stereocenters. The summed E-state index contributed by atoms with van der Waals surface area (Å²) < 4.78 is 10.8. The van der Waals surface area contributed by atoms with Gasteiger partial charge in [-0.2, -0.15) is 0 Å². The molecule has 0 spiro atoms. The first-order valence-electron chi connectivity index (χ1n) is 14.0. The van der Waals surface area contributed by atoms with Gasteiger partial charge in [0.05, 0.1) is 31.4 Å². The number of esters is 1. The van der Waals surface area contributed by atoms with Gasteiger partial charge in [-0.05, 0) is 72.1 Å². The van der Waals surface area contributed by atoms with Gasteiger partial charge in [0.25, 0.3) is 5.91 Å². The van der Waals surface area contributed by atoms with Crippen molar-refractivity contribution in [3.63, 3.8) is 0 Å². The summed E-state index contributed by atoms with van der Waals surface area (Å²) in [4.78, 5) is 25.8. The molecule has 0 saturated carbocycles. The van der Waals surface area contributed by atoms with E-state index < -0.39 is 24.0 Å². The Hall–Kier alpha value is -3.68. The second-order valence-corrected chi connectivity index (χ2v) is 10.7. The van der Waals surface area contributed by atoms with Gasteiger partial charge in [0.15, 0.2) is 0 Å². The number of carbonyl (C=O) groups excluding carboxylic acids is 2. The minimum atomic E-state index is -0.851. The zero-order chi connectivity index (χ0) is 28.5. The van der Waals surface area contributed by atoms with Crippen LogP contribution in [0.4, 0.5) is 0 Å². The van der Waals surface area contributed by atoms with Crippen molar-refractivity contribution < 1.29 is 24.2 Å². The van der Waals surface area contributed by atoms with Gasteiger partial charge in [-0.1, -0.05) is 62.4 Å². The van der Waals surface area contributed by atoms with E-state index in [4.69, 9.17) is 9.47 Å². The average molecular weight is 545 g/mol. The lowest BCUT2D eigenvalue weighted by Crippen LogP contribution is -2.48. The van der Waals surface area contributed by atoms with E-state index in [0.29, 0.717) is 37.8 Å². The topological polar surface area (TPSA) is 96.9 Å². The molecule has 40 heavy (non-hydrogen) atoms. The van der Waals surface area contributed by atoms with Gasteiger partial charge >= 0.3 is 5.97 Å². The van der Waals surface area contributed by atoms with Crippen LogP contribution in [0.1, 0.15) is 75.6 Å². The Labute approximate surface area is 236 Å². The molecule has 1 aliphatic rings. The number of hydrogen-bond donors (Lipinski definition) is 3. The Balaban J connectivity index is 1.55. The molecule has 1 amide bonds. The first kappa shape index (κ1) is 29.3. The third-order valence-electron chi connectivity index (χ3n) is 7.25. The van der Waals surface area contributed by atoms with Gasteiger partial charge in [-0.3, -0.25) is 4.79 Å². The predicted molar refractivity (Wildman–Crippen MR) is 156 cm³/mol. The summed E-state index contributed by atoms with van der Waals surface area (Å²) >= 11 is 0. The molecule has 212 valence electrons. The average Bonchev–Trinajstić information content (AvgIpc) is 2.96. The van der Waals surface area contributed by atoms with Crippen molar-refractivity contribution in [1.82, 2.24) is 10.6 Å². The van der Waals surface area contributed by atoms with Crippen molar-refractivity contribution in [3.05, 3.63) is 100 Å². The zero-order valence-corrected chi connectivity index (χ0v) is 23.6. The molecule has 0 aliphatic carbocycles. The standard InChI is InChI=1S/C33H40N2O5/c1-22(2)26-12-7-11-25(15-26)20-34-21-31(36)30-16-24-10-6-9-23(14-24)8-4-5-13-40-29-18-27(32(37)35-30)17-28(19-29)33(38)39-3/h6-7,9-12,14-15,17-19,22,30-31,34,36H,4-5,8,13,16,20-21H2,1-3H3,(H,35,37)/t30-,31+/m0/s1. The Morgan fingerprint density at radius 1 is 1.07 bits per heavy atom. The van der Waals surface area contributed by atoms with E-state index in [-0.39, 0.29) is 11.1 Å². The maximum Gasteiger partial charge on any atom is 0.338 e. The molecule has 7 heteroatoms. The summed E-state index contributed by atoms with van der Waals surface area (Å²) in [6, 6.07) is 20.9. The first-order valence-corrected chi connectivity index (χ1v) is 14.0. The highest BCUT2D eigenvalue weighted by atomic mass is 16.5. The molecule has 4 rings (SSSR count). The number of aliphatic hydroxyl groups is 1. The quantitative estimate of drug-likeness (QED) is 0.370. The van der Waals surface area contributed by atoms with E-state index in [1.807, 2.05) is 12.1 Å². The molecule has 0 saturated heterocycles. The van der Waals surface area contributed by atoms with E-state index in [0.717, 1.165) is 30.4 Å². The number of carbonyl (C=O) groups is 2. The number of hydrogen-bond acceptors (Lipinski definition) is 6. The smallest absolute Gasteiger partial charge is 0.338 e. The van der Waals surface area contributed by atoms with Crippen molar-refractivity contribution >= 4 is 11.9 Å². The number of amides is 1. The van der Waals surface area contributed by atoms with Crippen LogP contribution >= 0.6 is 0 Å². The van der Waals surface area contributed by atoms with Gasteiger partial charge in [0.1, 0.15) is 5.75 Å². The zero-order valence-electron chi connectivity index (χ0n) is 23.6. The molecule has 4 bridgehead atoms. The van der Waals surface area contributed by atoms with E-state index in [1.54, 1.807) is 12.1 Å². The van der Waals surface area contributed by atoms with Crippen molar-refractivity contribution in [1.29, 1.82) is 0 Å². The van der Waals surface area contributed by atoms with Crippen LogP contribution in [0.3, 0.4) is 0 Å². The molecule has 3 N–H and O–H groups in total. The monoisotopic (exact) mass is 544 g/mol. The van der Waals surface area contributed by atoms with Gasteiger partial charge in [0, 0.05) is 18.7 Å². The molecule has 0 radical (unpaired) electrons. The lowest BCUT2D eigenvalue weighted by molar-refractivity contribution is 0.0600. The van der Waals surface area contributed by atoms with Crippen LogP contribution in [0.5, 0.6) is 5.75 Å². The fourth-order valence-electron chi connectivity index (χ4n) is 4.94. The Kier molecular flexibility index (Phi) is 10.3. The third kappa shape index (κ3) is 8.16. The Bertz CT molecular complexity index is 1310. The Morgan fingerprint density at radius 2 is 1.88 bits per heavy atom. The normalized spacial score (nSPS) is 16.7. The van der Waals surface area contributed by atoms with E-state index >= 15 is 0 Å². The highest BCUT2D eigenvalue weighted by Crippen LogP contribution is 2.21. The number of aliphatic hydroxyl groups excluding tert-OH is 1. The minimum absolute atomic E-state index is 0.239. The summed E-state index contributed by atoms with van der Waals surface area (Å²) in [5.74, 6) is -0.0638. The fraction of sp³-hybridized carbons (Fsp3) is 0.394. The lowest BCUT2D eigenvalue weighted by atomic mass is 9.97.